The highest BCUT2D eigenvalue weighted by atomic mass is 32.1. The van der Waals surface area contributed by atoms with E-state index in [-0.39, 0.29) is 12.2 Å². The van der Waals surface area contributed by atoms with E-state index in [2.05, 4.69) is 15.4 Å². The summed E-state index contributed by atoms with van der Waals surface area (Å²) in [5, 5.41) is 16.3. The summed E-state index contributed by atoms with van der Waals surface area (Å²) in [6.07, 6.45) is -5.75. The lowest BCUT2D eigenvalue weighted by molar-refractivity contribution is -0.274. The molecular formula is C16H15F3N2O4S. The van der Waals surface area contributed by atoms with E-state index in [0.717, 1.165) is 29.8 Å². The third-order valence-electron chi connectivity index (χ3n) is 3.21. The highest BCUT2D eigenvalue weighted by Crippen LogP contribution is 2.24. The molecule has 0 bridgehead atoms. The van der Waals surface area contributed by atoms with Crippen LogP contribution < -0.4 is 15.4 Å². The molecular weight excluding hydrogens is 373 g/mol. The van der Waals surface area contributed by atoms with Gasteiger partial charge in [-0.05, 0) is 48.2 Å². The summed E-state index contributed by atoms with van der Waals surface area (Å²) >= 11 is 1.33. The highest BCUT2D eigenvalue weighted by molar-refractivity contribution is 7.10. The monoisotopic (exact) mass is 388 g/mol. The number of hydrogen-bond acceptors (Lipinski definition) is 5. The number of amides is 2. The molecule has 10 heteroatoms. The quantitative estimate of drug-likeness (QED) is 0.688. The maximum Gasteiger partial charge on any atom is 0.573 e. The molecule has 3 N–H and O–H groups in total. The second kappa shape index (κ2) is 8.19. The number of hydrogen-bond donors (Lipinski definition) is 3. The standard InChI is InChI=1S/C16H15F3N2O4S/c1-9-6-7-26-13(9)12(22)8-20-14(23)15(24)21-10-2-4-11(5-3-10)25-16(17,18)19/h2-7,12,22H,8H2,1H3,(H,20,23)(H,21,24)/t12-/m1/s1. The normalized spacial score (nSPS) is 12.3. The average Bonchev–Trinajstić information content (AvgIpc) is 2.99. The van der Waals surface area contributed by atoms with Crippen LogP contribution in [0.15, 0.2) is 35.7 Å². The lowest BCUT2D eigenvalue weighted by Gasteiger charge is -2.12. The van der Waals surface area contributed by atoms with E-state index in [1.165, 1.54) is 11.3 Å². The smallest absolute Gasteiger partial charge is 0.406 e. The zero-order chi connectivity index (χ0) is 19.3. The van der Waals surface area contributed by atoms with Gasteiger partial charge in [0.15, 0.2) is 0 Å². The molecule has 0 saturated heterocycles. The molecule has 1 aromatic carbocycles. The Bertz CT molecular complexity index is 775. The lowest BCUT2D eigenvalue weighted by Crippen LogP contribution is -2.37. The zero-order valence-corrected chi connectivity index (χ0v) is 14.3. The fourth-order valence-corrected chi connectivity index (χ4v) is 2.93. The van der Waals surface area contributed by atoms with E-state index in [0.29, 0.717) is 4.88 Å². The largest absolute Gasteiger partial charge is 0.573 e. The minimum absolute atomic E-state index is 0.120. The van der Waals surface area contributed by atoms with Gasteiger partial charge in [0, 0.05) is 17.1 Å². The van der Waals surface area contributed by atoms with E-state index >= 15 is 0 Å². The van der Waals surface area contributed by atoms with Crippen molar-refractivity contribution in [1.82, 2.24) is 5.32 Å². The molecule has 2 aromatic rings. The number of aryl methyl sites for hydroxylation is 1. The summed E-state index contributed by atoms with van der Waals surface area (Å²) in [6, 6.07) is 6.16. The fourth-order valence-electron chi connectivity index (χ4n) is 2.02. The van der Waals surface area contributed by atoms with Crippen LogP contribution in [-0.4, -0.2) is 29.8 Å². The maximum atomic E-state index is 12.1. The number of halogens is 3. The van der Waals surface area contributed by atoms with Crippen LogP contribution in [0.1, 0.15) is 16.5 Å². The Morgan fingerprint density at radius 3 is 2.38 bits per heavy atom. The topological polar surface area (TPSA) is 87.7 Å². The van der Waals surface area contributed by atoms with Gasteiger partial charge in [0.1, 0.15) is 11.9 Å². The van der Waals surface area contributed by atoms with Crippen molar-refractivity contribution in [1.29, 1.82) is 0 Å². The minimum atomic E-state index is -4.81. The molecule has 0 fully saturated rings. The highest BCUT2D eigenvalue weighted by Gasteiger charge is 2.31. The van der Waals surface area contributed by atoms with Crippen molar-refractivity contribution >= 4 is 28.8 Å². The number of aliphatic hydroxyl groups excluding tert-OH is 1. The molecule has 0 spiro atoms. The van der Waals surface area contributed by atoms with Crippen LogP contribution in [0.2, 0.25) is 0 Å². The second-order valence-electron chi connectivity index (χ2n) is 5.22. The molecule has 1 atom stereocenters. The summed E-state index contributed by atoms with van der Waals surface area (Å²) in [5.41, 5.74) is 0.997. The van der Waals surface area contributed by atoms with Gasteiger partial charge in [-0.25, -0.2) is 0 Å². The number of nitrogens with one attached hydrogen (secondary N) is 2. The van der Waals surface area contributed by atoms with Gasteiger partial charge >= 0.3 is 18.2 Å². The molecule has 0 aliphatic heterocycles. The predicted octanol–water partition coefficient (Wildman–Crippen LogP) is 2.74. The van der Waals surface area contributed by atoms with Crippen LogP contribution in [0, 0.1) is 6.92 Å². The first-order valence-electron chi connectivity index (χ1n) is 7.33. The number of rotatable bonds is 5. The van der Waals surface area contributed by atoms with Crippen LogP contribution in [-0.2, 0) is 9.59 Å². The molecule has 2 amide bonds. The lowest BCUT2D eigenvalue weighted by atomic mass is 10.2. The Hall–Kier alpha value is -2.59. The Labute approximate surface area is 150 Å². The molecule has 0 aliphatic carbocycles. The van der Waals surface area contributed by atoms with Crippen LogP contribution in [0.3, 0.4) is 0 Å². The van der Waals surface area contributed by atoms with Crippen LogP contribution in [0.25, 0.3) is 0 Å². The van der Waals surface area contributed by atoms with Crippen molar-refractivity contribution < 1.29 is 32.6 Å². The van der Waals surface area contributed by atoms with Crippen molar-refractivity contribution in [2.24, 2.45) is 0 Å². The fraction of sp³-hybridized carbons (Fsp3) is 0.250. The van der Waals surface area contributed by atoms with Crippen molar-refractivity contribution in [2.75, 3.05) is 11.9 Å². The van der Waals surface area contributed by atoms with E-state index in [1.54, 1.807) is 5.38 Å². The average molecular weight is 388 g/mol. The Morgan fingerprint density at radius 2 is 1.85 bits per heavy atom. The number of carbonyl (C=O) groups is 2. The van der Waals surface area contributed by atoms with Gasteiger partial charge in [-0.3, -0.25) is 9.59 Å². The number of carbonyl (C=O) groups excluding carboxylic acids is 2. The summed E-state index contributed by atoms with van der Waals surface area (Å²) in [5.74, 6) is -2.44. The molecule has 6 nitrogen and oxygen atoms in total. The van der Waals surface area contributed by atoms with Crippen LogP contribution in [0.4, 0.5) is 18.9 Å². The zero-order valence-electron chi connectivity index (χ0n) is 13.5. The van der Waals surface area contributed by atoms with Gasteiger partial charge in [0.2, 0.25) is 0 Å². The van der Waals surface area contributed by atoms with Gasteiger partial charge in [0.05, 0.1) is 0 Å². The number of ether oxygens (including phenoxy) is 1. The molecule has 0 saturated carbocycles. The molecule has 26 heavy (non-hydrogen) atoms. The third-order valence-corrected chi connectivity index (χ3v) is 4.33. The number of benzene rings is 1. The summed E-state index contributed by atoms with van der Waals surface area (Å²) < 4.78 is 39.9. The predicted molar refractivity (Wildman–Crippen MR) is 88.8 cm³/mol. The number of alkyl halides is 3. The first kappa shape index (κ1) is 19.7. The summed E-state index contributed by atoms with van der Waals surface area (Å²) in [7, 11) is 0. The van der Waals surface area contributed by atoms with Crippen molar-refractivity contribution in [2.45, 2.75) is 19.4 Å². The SMILES string of the molecule is Cc1ccsc1[C@H](O)CNC(=O)C(=O)Nc1ccc(OC(F)(F)F)cc1. The maximum absolute atomic E-state index is 12.1. The molecule has 0 radical (unpaired) electrons. The molecule has 0 unspecified atom stereocenters. The van der Waals surface area contributed by atoms with Crippen LogP contribution in [0.5, 0.6) is 5.75 Å². The Balaban J connectivity index is 1.85. The molecule has 1 heterocycles. The first-order valence-corrected chi connectivity index (χ1v) is 8.20. The number of thiophene rings is 1. The van der Waals surface area contributed by atoms with Crippen molar-refractivity contribution in [3.63, 3.8) is 0 Å². The van der Waals surface area contributed by atoms with Gasteiger partial charge in [0.25, 0.3) is 0 Å². The molecule has 140 valence electrons. The van der Waals surface area contributed by atoms with Gasteiger partial charge in [-0.2, -0.15) is 0 Å². The number of anilines is 1. The summed E-state index contributed by atoms with van der Waals surface area (Å²) in [6.45, 7) is 1.67. The molecule has 1 aromatic heterocycles. The van der Waals surface area contributed by atoms with E-state index < -0.39 is 30.0 Å². The van der Waals surface area contributed by atoms with E-state index in [4.69, 9.17) is 0 Å². The molecule has 2 rings (SSSR count). The summed E-state index contributed by atoms with van der Waals surface area (Å²) in [4.78, 5) is 24.2. The van der Waals surface area contributed by atoms with E-state index in [1.807, 2.05) is 13.0 Å². The van der Waals surface area contributed by atoms with Gasteiger partial charge in [-0.1, -0.05) is 0 Å². The third kappa shape index (κ3) is 5.74. The second-order valence-corrected chi connectivity index (χ2v) is 6.17. The minimum Gasteiger partial charge on any atom is -0.406 e. The van der Waals surface area contributed by atoms with E-state index in [9.17, 15) is 27.9 Å². The van der Waals surface area contributed by atoms with Crippen molar-refractivity contribution in [3.8, 4) is 5.75 Å². The number of aliphatic hydroxyl groups is 1. The van der Waals surface area contributed by atoms with Gasteiger partial charge < -0.3 is 20.5 Å². The van der Waals surface area contributed by atoms with Crippen molar-refractivity contribution in [3.05, 3.63) is 46.2 Å². The Kier molecular flexibility index (Phi) is 6.22. The molecule has 0 aliphatic rings. The van der Waals surface area contributed by atoms with Gasteiger partial charge in [-0.15, -0.1) is 24.5 Å². The first-order chi connectivity index (χ1) is 12.2. The van der Waals surface area contributed by atoms with Crippen LogP contribution >= 0.6 is 11.3 Å². The Morgan fingerprint density at radius 1 is 1.19 bits per heavy atom.